The van der Waals surface area contributed by atoms with E-state index in [0.717, 1.165) is 5.56 Å². The van der Waals surface area contributed by atoms with Gasteiger partial charge in [-0.2, -0.15) is 0 Å². The molecule has 0 aliphatic rings. The van der Waals surface area contributed by atoms with Gasteiger partial charge in [0.25, 0.3) is 0 Å². The maximum Gasteiger partial charge on any atom is 0.239 e. The summed E-state index contributed by atoms with van der Waals surface area (Å²) in [6, 6.07) is 13.4. The zero-order valence-corrected chi connectivity index (χ0v) is 14.2. The minimum Gasteiger partial charge on any atom is -0.494 e. The van der Waals surface area contributed by atoms with Crippen molar-refractivity contribution in [3.63, 3.8) is 0 Å². The van der Waals surface area contributed by atoms with Crippen LogP contribution >= 0.6 is 0 Å². The highest BCUT2D eigenvalue weighted by Crippen LogP contribution is 2.21. The third-order valence-corrected chi connectivity index (χ3v) is 3.71. The molecule has 0 aliphatic carbocycles. The quantitative estimate of drug-likeness (QED) is 0.810. The molecule has 6 heteroatoms. The van der Waals surface area contributed by atoms with Crippen LogP contribution in [0.15, 0.2) is 48.5 Å². The Balaban J connectivity index is 1.81. The zero-order chi connectivity index (χ0) is 18.2. The largest absolute Gasteiger partial charge is 0.494 e. The third-order valence-electron chi connectivity index (χ3n) is 3.71. The summed E-state index contributed by atoms with van der Waals surface area (Å²) in [5.41, 5.74) is 1.49. The molecule has 0 aliphatic heterocycles. The molecular weight excluding hydrogens is 323 g/mol. The molecule has 0 saturated heterocycles. The van der Waals surface area contributed by atoms with Crippen LogP contribution < -0.4 is 15.4 Å². The Hall–Kier alpha value is -2.89. The van der Waals surface area contributed by atoms with Gasteiger partial charge < -0.3 is 15.4 Å². The molecule has 1 atom stereocenters. The van der Waals surface area contributed by atoms with Crippen molar-refractivity contribution >= 4 is 11.8 Å². The molecule has 2 aromatic rings. The lowest BCUT2D eigenvalue weighted by Crippen LogP contribution is -2.38. The Labute approximate surface area is 146 Å². The summed E-state index contributed by atoms with van der Waals surface area (Å²) in [7, 11) is 1.39. The molecule has 25 heavy (non-hydrogen) atoms. The second-order valence-electron chi connectivity index (χ2n) is 5.62. The van der Waals surface area contributed by atoms with Crippen LogP contribution in [0.5, 0.6) is 5.75 Å². The zero-order valence-electron chi connectivity index (χ0n) is 14.2. The first-order valence-corrected chi connectivity index (χ1v) is 7.93. The van der Waals surface area contributed by atoms with Gasteiger partial charge in [0.1, 0.15) is 0 Å². The molecule has 2 rings (SSSR count). The minimum atomic E-state index is -0.489. The summed E-state index contributed by atoms with van der Waals surface area (Å²) in [6.45, 7) is 1.61. The Kier molecular flexibility index (Phi) is 6.51. The Bertz CT molecular complexity index is 735. The summed E-state index contributed by atoms with van der Waals surface area (Å²) >= 11 is 0. The fourth-order valence-corrected chi connectivity index (χ4v) is 2.35. The average molecular weight is 344 g/mol. The van der Waals surface area contributed by atoms with Crippen molar-refractivity contribution < 1.29 is 18.7 Å². The highest BCUT2D eigenvalue weighted by Gasteiger charge is 2.13. The smallest absolute Gasteiger partial charge is 0.239 e. The number of ether oxygens (including phenoxy) is 1. The number of benzene rings is 2. The topological polar surface area (TPSA) is 67.4 Å². The van der Waals surface area contributed by atoms with Gasteiger partial charge in [0.15, 0.2) is 11.6 Å². The normalized spacial score (nSPS) is 11.5. The number of nitrogens with one attached hydrogen (secondary N) is 2. The fraction of sp³-hybridized carbons (Fsp3) is 0.263. The van der Waals surface area contributed by atoms with Gasteiger partial charge in [0, 0.05) is 0 Å². The van der Waals surface area contributed by atoms with E-state index in [2.05, 4.69) is 10.6 Å². The first kappa shape index (κ1) is 18.4. The summed E-state index contributed by atoms with van der Waals surface area (Å²) in [5.74, 6) is -0.914. The van der Waals surface area contributed by atoms with Crippen molar-refractivity contribution in [2.24, 2.45) is 0 Å². The van der Waals surface area contributed by atoms with Crippen LogP contribution in [0.1, 0.15) is 24.1 Å². The predicted octanol–water partition coefficient (Wildman–Crippen LogP) is 2.37. The van der Waals surface area contributed by atoms with Crippen molar-refractivity contribution in [3.05, 3.63) is 65.5 Å². The lowest BCUT2D eigenvalue weighted by atomic mass is 10.1. The van der Waals surface area contributed by atoms with Crippen LogP contribution in [0.2, 0.25) is 0 Å². The summed E-state index contributed by atoms with van der Waals surface area (Å²) in [4.78, 5) is 23.8. The number of halogens is 1. The average Bonchev–Trinajstić information content (AvgIpc) is 2.60. The monoisotopic (exact) mass is 344 g/mol. The maximum atomic E-state index is 13.7. The molecule has 2 N–H and O–H groups in total. The Morgan fingerprint density at radius 2 is 1.84 bits per heavy atom. The van der Waals surface area contributed by atoms with Gasteiger partial charge in [-0.25, -0.2) is 4.39 Å². The van der Waals surface area contributed by atoms with Gasteiger partial charge in [-0.15, -0.1) is 0 Å². The molecule has 0 fully saturated rings. The van der Waals surface area contributed by atoms with E-state index >= 15 is 0 Å². The first-order chi connectivity index (χ1) is 12.0. The molecular formula is C19H21FN2O3. The van der Waals surface area contributed by atoms with Gasteiger partial charge in [0.05, 0.1) is 26.1 Å². The second-order valence-corrected chi connectivity index (χ2v) is 5.62. The van der Waals surface area contributed by atoms with E-state index in [-0.39, 0.29) is 36.6 Å². The van der Waals surface area contributed by atoms with E-state index in [9.17, 15) is 14.0 Å². The van der Waals surface area contributed by atoms with Crippen molar-refractivity contribution in [1.29, 1.82) is 0 Å². The number of hydrogen-bond donors (Lipinski definition) is 2. The van der Waals surface area contributed by atoms with Crippen LogP contribution in [0, 0.1) is 5.82 Å². The van der Waals surface area contributed by atoms with Crippen LogP contribution in [0.25, 0.3) is 0 Å². The lowest BCUT2D eigenvalue weighted by molar-refractivity contribution is -0.126. The molecule has 0 heterocycles. The highest BCUT2D eigenvalue weighted by molar-refractivity contribution is 5.85. The van der Waals surface area contributed by atoms with E-state index in [1.165, 1.54) is 19.2 Å². The van der Waals surface area contributed by atoms with Crippen molar-refractivity contribution in [3.8, 4) is 5.75 Å². The maximum absolute atomic E-state index is 13.7. The SMILES string of the molecule is COc1ccc(C(C)NC(=O)CNC(=O)Cc2ccccc2)cc1F. The molecule has 0 saturated carbocycles. The van der Waals surface area contributed by atoms with Crippen LogP contribution in [-0.4, -0.2) is 25.5 Å². The molecule has 0 spiro atoms. The standard InChI is InChI=1S/C19H21FN2O3/c1-13(15-8-9-17(25-2)16(20)11-15)22-19(24)12-21-18(23)10-14-6-4-3-5-7-14/h3-9,11,13H,10,12H2,1-2H3,(H,21,23)(H,22,24). The van der Waals surface area contributed by atoms with E-state index in [1.807, 2.05) is 30.3 Å². The molecule has 2 amide bonds. The number of hydrogen-bond acceptors (Lipinski definition) is 3. The van der Waals surface area contributed by atoms with Crippen molar-refractivity contribution in [1.82, 2.24) is 10.6 Å². The highest BCUT2D eigenvalue weighted by atomic mass is 19.1. The van der Waals surface area contributed by atoms with Gasteiger partial charge >= 0.3 is 0 Å². The molecule has 0 aromatic heterocycles. The van der Waals surface area contributed by atoms with E-state index in [4.69, 9.17) is 4.74 Å². The Morgan fingerprint density at radius 3 is 2.48 bits per heavy atom. The van der Waals surface area contributed by atoms with Gasteiger partial charge in [-0.1, -0.05) is 36.4 Å². The minimum absolute atomic E-state index is 0.130. The number of carbonyl (C=O) groups is 2. The number of methoxy groups -OCH3 is 1. The second kappa shape index (κ2) is 8.82. The summed E-state index contributed by atoms with van der Waals surface area (Å²) in [6.07, 6.45) is 0.216. The number of rotatable bonds is 7. The number of amides is 2. The number of carbonyl (C=O) groups excluding carboxylic acids is 2. The molecule has 0 radical (unpaired) electrons. The summed E-state index contributed by atoms with van der Waals surface area (Å²) in [5, 5.41) is 5.29. The van der Waals surface area contributed by atoms with E-state index < -0.39 is 5.82 Å². The molecule has 2 aromatic carbocycles. The van der Waals surface area contributed by atoms with Gasteiger partial charge in [-0.05, 0) is 30.2 Å². The predicted molar refractivity (Wildman–Crippen MR) is 92.7 cm³/mol. The summed E-state index contributed by atoms with van der Waals surface area (Å²) < 4.78 is 18.6. The Morgan fingerprint density at radius 1 is 1.12 bits per heavy atom. The van der Waals surface area contributed by atoms with Crippen molar-refractivity contribution in [2.75, 3.05) is 13.7 Å². The fourth-order valence-electron chi connectivity index (χ4n) is 2.35. The molecule has 1 unspecified atom stereocenters. The molecule has 132 valence electrons. The van der Waals surface area contributed by atoms with Crippen LogP contribution in [0.3, 0.4) is 0 Å². The lowest BCUT2D eigenvalue weighted by Gasteiger charge is -2.15. The van der Waals surface area contributed by atoms with Crippen LogP contribution in [0.4, 0.5) is 4.39 Å². The van der Waals surface area contributed by atoms with Crippen LogP contribution in [-0.2, 0) is 16.0 Å². The van der Waals surface area contributed by atoms with E-state index in [1.54, 1.807) is 13.0 Å². The third kappa shape index (κ3) is 5.60. The molecule has 5 nitrogen and oxygen atoms in total. The molecule has 0 bridgehead atoms. The first-order valence-electron chi connectivity index (χ1n) is 7.93. The van der Waals surface area contributed by atoms with Gasteiger partial charge in [0.2, 0.25) is 11.8 Å². The van der Waals surface area contributed by atoms with Crippen molar-refractivity contribution in [2.45, 2.75) is 19.4 Å². The van der Waals surface area contributed by atoms with Gasteiger partial charge in [-0.3, -0.25) is 9.59 Å². The van der Waals surface area contributed by atoms with E-state index in [0.29, 0.717) is 5.56 Å².